The fraction of sp³-hybridized carbons (Fsp3) is 0.308. The molecule has 0 aliphatic heterocycles. The predicted molar refractivity (Wildman–Crippen MR) is 73.3 cm³/mol. The van der Waals surface area contributed by atoms with E-state index in [9.17, 15) is 0 Å². The minimum absolute atomic E-state index is 0.0187. The lowest BCUT2D eigenvalue weighted by atomic mass is 10.2. The highest BCUT2D eigenvalue weighted by molar-refractivity contribution is 7.99. The molecule has 2 aromatic rings. The van der Waals surface area contributed by atoms with Crippen molar-refractivity contribution >= 4 is 11.8 Å². The highest BCUT2D eigenvalue weighted by Crippen LogP contribution is 2.33. The molecule has 0 radical (unpaired) electrons. The van der Waals surface area contributed by atoms with Crippen LogP contribution in [-0.4, -0.2) is 21.0 Å². The molecule has 4 nitrogen and oxygen atoms in total. The SMILES string of the molecule is Cc1cnc(SC(c2ccccn2)C(C)N)nc1. The summed E-state index contributed by atoms with van der Waals surface area (Å²) in [5.41, 5.74) is 8.04. The van der Waals surface area contributed by atoms with Crippen LogP contribution in [0.3, 0.4) is 0 Å². The monoisotopic (exact) mass is 260 g/mol. The van der Waals surface area contributed by atoms with Gasteiger partial charge in [-0.3, -0.25) is 4.98 Å². The van der Waals surface area contributed by atoms with Gasteiger partial charge >= 0.3 is 0 Å². The van der Waals surface area contributed by atoms with Gasteiger partial charge in [-0.2, -0.15) is 0 Å². The minimum Gasteiger partial charge on any atom is -0.327 e. The Kier molecular flexibility index (Phi) is 4.28. The van der Waals surface area contributed by atoms with Crippen molar-refractivity contribution in [2.75, 3.05) is 0 Å². The number of thioether (sulfide) groups is 1. The molecule has 18 heavy (non-hydrogen) atoms. The zero-order valence-electron chi connectivity index (χ0n) is 10.4. The summed E-state index contributed by atoms with van der Waals surface area (Å²) in [6.07, 6.45) is 5.40. The van der Waals surface area contributed by atoms with E-state index >= 15 is 0 Å². The van der Waals surface area contributed by atoms with Crippen LogP contribution in [-0.2, 0) is 0 Å². The Morgan fingerprint density at radius 1 is 1.17 bits per heavy atom. The molecule has 0 saturated carbocycles. The molecule has 0 saturated heterocycles. The smallest absolute Gasteiger partial charge is 0.188 e. The minimum atomic E-state index is -0.0187. The molecule has 2 aromatic heterocycles. The van der Waals surface area contributed by atoms with E-state index in [0.717, 1.165) is 16.4 Å². The maximum atomic E-state index is 6.03. The first kappa shape index (κ1) is 13.0. The van der Waals surface area contributed by atoms with Crippen molar-refractivity contribution in [1.82, 2.24) is 15.0 Å². The average Bonchev–Trinajstić information content (AvgIpc) is 2.38. The van der Waals surface area contributed by atoms with Crippen LogP contribution in [0.5, 0.6) is 0 Å². The molecule has 0 amide bonds. The molecule has 0 aliphatic carbocycles. The first-order chi connectivity index (χ1) is 8.66. The normalized spacial score (nSPS) is 14.2. The van der Waals surface area contributed by atoms with Gasteiger partial charge in [0.05, 0.1) is 10.9 Å². The number of aryl methyl sites for hydroxylation is 1. The van der Waals surface area contributed by atoms with E-state index in [0.29, 0.717) is 0 Å². The van der Waals surface area contributed by atoms with Crippen molar-refractivity contribution in [1.29, 1.82) is 0 Å². The fourth-order valence-electron chi connectivity index (χ4n) is 1.54. The summed E-state index contributed by atoms with van der Waals surface area (Å²) < 4.78 is 0. The van der Waals surface area contributed by atoms with Crippen LogP contribution in [0.4, 0.5) is 0 Å². The molecule has 2 unspecified atom stereocenters. The van der Waals surface area contributed by atoms with Crippen LogP contribution >= 0.6 is 11.8 Å². The number of hydrogen-bond acceptors (Lipinski definition) is 5. The molecular formula is C13H16N4S. The quantitative estimate of drug-likeness (QED) is 0.675. The van der Waals surface area contributed by atoms with Crippen LogP contribution in [0.25, 0.3) is 0 Å². The number of hydrogen-bond donors (Lipinski definition) is 1. The summed E-state index contributed by atoms with van der Waals surface area (Å²) in [7, 11) is 0. The van der Waals surface area contributed by atoms with Gasteiger partial charge in [0.1, 0.15) is 0 Å². The Labute approximate surface area is 111 Å². The Morgan fingerprint density at radius 2 is 1.89 bits per heavy atom. The number of rotatable bonds is 4. The van der Waals surface area contributed by atoms with Crippen LogP contribution in [0.1, 0.15) is 23.4 Å². The summed E-state index contributed by atoms with van der Waals surface area (Å²) in [4.78, 5) is 12.9. The first-order valence-corrected chi connectivity index (χ1v) is 6.66. The van der Waals surface area contributed by atoms with Crippen molar-refractivity contribution in [3.63, 3.8) is 0 Å². The van der Waals surface area contributed by atoms with Crippen LogP contribution in [0.15, 0.2) is 41.9 Å². The van der Waals surface area contributed by atoms with E-state index in [-0.39, 0.29) is 11.3 Å². The van der Waals surface area contributed by atoms with Crippen molar-refractivity contribution in [3.8, 4) is 0 Å². The third kappa shape index (κ3) is 3.27. The first-order valence-electron chi connectivity index (χ1n) is 5.78. The number of aromatic nitrogens is 3. The molecule has 5 heteroatoms. The molecule has 0 aliphatic rings. The highest BCUT2D eigenvalue weighted by atomic mass is 32.2. The van der Waals surface area contributed by atoms with E-state index in [1.54, 1.807) is 18.0 Å². The second-order valence-electron chi connectivity index (χ2n) is 4.20. The van der Waals surface area contributed by atoms with E-state index in [2.05, 4.69) is 15.0 Å². The number of nitrogens with two attached hydrogens (primary N) is 1. The second-order valence-corrected chi connectivity index (χ2v) is 5.30. The standard InChI is InChI=1S/C13H16N4S/c1-9-7-16-13(17-8-9)18-12(10(2)14)11-5-3-4-6-15-11/h3-8,10,12H,14H2,1-2H3. The Balaban J connectivity index is 2.19. The van der Waals surface area contributed by atoms with E-state index in [4.69, 9.17) is 5.73 Å². The average molecular weight is 260 g/mol. The summed E-state index contributed by atoms with van der Waals surface area (Å²) >= 11 is 1.55. The Morgan fingerprint density at radius 3 is 2.44 bits per heavy atom. The van der Waals surface area contributed by atoms with Crippen molar-refractivity contribution in [2.24, 2.45) is 5.73 Å². The van der Waals surface area contributed by atoms with E-state index in [1.165, 1.54) is 0 Å². The van der Waals surface area contributed by atoms with Crippen LogP contribution < -0.4 is 5.73 Å². The van der Waals surface area contributed by atoms with E-state index < -0.39 is 0 Å². The second kappa shape index (κ2) is 5.93. The summed E-state index contributed by atoms with van der Waals surface area (Å²) in [6.45, 7) is 3.94. The predicted octanol–water partition coefficient (Wildman–Crippen LogP) is 2.36. The molecule has 94 valence electrons. The van der Waals surface area contributed by atoms with Gasteiger partial charge < -0.3 is 5.73 Å². The lowest BCUT2D eigenvalue weighted by molar-refractivity contribution is 0.702. The summed E-state index contributed by atoms with van der Waals surface area (Å²) in [6, 6.07) is 5.83. The van der Waals surface area contributed by atoms with Crippen molar-refractivity contribution < 1.29 is 0 Å². The molecule has 2 rings (SSSR count). The molecule has 0 aromatic carbocycles. The molecule has 0 bridgehead atoms. The van der Waals surface area contributed by atoms with Gasteiger partial charge in [-0.25, -0.2) is 9.97 Å². The molecular weight excluding hydrogens is 244 g/mol. The lowest BCUT2D eigenvalue weighted by Crippen LogP contribution is -2.23. The van der Waals surface area contributed by atoms with Gasteiger partial charge in [0.25, 0.3) is 0 Å². The topological polar surface area (TPSA) is 64.7 Å². The van der Waals surface area contributed by atoms with Crippen LogP contribution in [0, 0.1) is 6.92 Å². The van der Waals surface area contributed by atoms with Gasteiger partial charge in [-0.05, 0) is 31.5 Å². The van der Waals surface area contributed by atoms with Gasteiger partial charge in [0, 0.05) is 24.6 Å². The number of nitrogens with zero attached hydrogens (tertiary/aromatic N) is 3. The molecule has 0 spiro atoms. The van der Waals surface area contributed by atoms with Crippen molar-refractivity contribution in [2.45, 2.75) is 30.3 Å². The highest BCUT2D eigenvalue weighted by Gasteiger charge is 2.20. The van der Waals surface area contributed by atoms with Crippen molar-refractivity contribution in [3.05, 3.63) is 48.0 Å². The maximum absolute atomic E-state index is 6.03. The summed E-state index contributed by atoms with van der Waals surface area (Å²) in [5.74, 6) is 0. The van der Waals surface area contributed by atoms with E-state index in [1.807, 2.05) is 44.4 Å². The van der Waals surface area contributed by atoms with Gasteiger partial charge in [0.2, 0.25) is 0 Å². The largest absolute Gasteiger partial charge is 0.327 e. The third-order valence-corrected chi connectivity index (χ3v) is 3.79. The Bertz CT molecular complexity index is 484. The zero-order valence-corrected chi connectivity index (χ0v) is 11.3. The van der Waals surface area contributed by atoms with Gasteiger partial charge in [-0.1, -0.05) is 17.8 Å². The number of pyridine rings is 1. The van der Waals surface area contributed by atoms with Gasteiger partial charge in [0.15, 0.2) is 5.16 Å². The molecule has 0 fully saturated rings. The fourth-order valence-corrected chi connectivity index (χ4v) is 2.47. The molecule has 2 atom stereocenters. The Hall–Kier alpha value is -1.46. The third-order valence-electron chi connectivity index (χ3n) is 2.45. The molecule has 2 heterocycles. The summed E-state index contributed by atoms with van der Waals surface area (Å²) in [5, 5.41) is 0.794. The maximum Gasteiger partial charge on any atom is 0.188 e. The lowest BCUT2D eigenvalue weighted by Gasteiger charge is -2.18. The zero-order chi connectivity index (χ0) is 13.0. The molecule has 2 N–H and O–H groups in total. The van der Waals surface area contributed by atoms with Gasteiger partial charge in [-0.15, -0.1) is 0 Å². The van der Waals surface area contributed by atoms with Crippen LogP contribution in [0.2, 0.25) is 0 Å².